The van der Waals surface area contributed by atoms with Crippen LogP contribution >= 0.6 is 0 Å². The maximum Gasteiger partial charge on any atom is 0.223 e. The highest BCUT2D eigenvalue weighted by Crippen LogP contribution is 2.49. The lowest BCUT2D eigenvalue weighted by Crippen LogP contribution is -2.37. The number of carbonyl (C=O) groups is 1. The largest absolute Gasteiger partial charge is 0.493 e. The van der Waals surface area contributed by atoms with E-state index in [2.05, 4.69) is 6.07 Å². The van der Waals surface area contributed by atoms with E-state index in [1.807, 2.05) is 11.0 Å². The van der Waals surface area contributed by atoms with Crippen LogP contribution in [0.5, 0.6) is 11.5 Å². The summed E-state index contributed by atoms with van der Waals surface area (Å²) in [6.45, 7) is 1.53. The number of methoxy groups -OCH3 is 2. The van der Waals surface area contributed by atoms with Gasteiger partial charge < -0.3 is 14.4 Å². The molecule has 0 radical (unpaired) electrons. The quantitative estimate of drug-likeness (QED) is 0.850. The minimum atomic E-state index is 0.341. The number of hydrogen-bond donors (Lipinski definition) is 0. The van der Waals surface area contributed by atoms with Crippen molar-refractivity contribution in [2.75, 3.05) is 20.8 Å². The number of hydrogen-bond acceptors (Lipinski definition) is 3. The molecule has 4 rings (SSSR count). The van der Waals surface area contributed by atoms with Crippen LogP contribution in [-0.4, -0.2) is 31.6 Å². The fourth-order valence-corrected chi connectivity index (χ4v) is 5.08. The zero-order valence-electron chi connectivity index (χ0n) is 14.7. The molecule has 0 spiro atoms. The van der Waals surface area contributed by atoms with Crippen molar-refractivity contribution in [3.05, 3.63) is 23.3 Å². The van der Waals surface area contributed by atoms with E-state index in [0.717, 1.165) is 42.7 Å². The van der Waals surface area contributed by atoms with E-state index in [0.29, 0.717) is 18.4 Å². The summed E-state index contributed by atoms with van der Waals surface area (Å²) in [5.41, 5.74) is 2.47. The van der Waals surface area contributed by atoms with E-state index in [-0.39, 0.29) is 0 Å². The number of nitrogens with zero attached hydrogens (tertiary/aromatic N) is 1. The van der Waals surface area contributed by atoms with Crippen molar-refractivity contribution in [2.45, 2.75) is 45.1 Å². The van der Waals surface area contributed by atoms with Crippen molar-refractivity contribution in [1.29, 1.82) is 0 Å². The molecule has 3 aliphatic rings. The Morgan fingerprint density at radius 3 is 2.50 bits per heavy atom. The van der Waals surface area contributed by atoms with Crippen LogP contribution in [0.1, 0.15) is 43.2 Å². The Morgan fingerprint density at radius 1 is 1.12 bits per heavy atom. The van der Waals surface area contributed by atoms with Crippen molar-refractivity contribution in [1.82, 2.24) is 4.90 Å². The molecule has 0 unspecified atom stereocenters. The fraction of sp³-hybridized carbons (Fsp3) is 0.650. The first-order valence-corrected chi connectivity index (χ1v) is 9.19. The molecule has 3 atom stereocenters. The highest BCUT2D eigenvalue weighted by atomic mass is 16.5. The number of fused-ring (bicyclic) bond motifs is 3. The van der Waals surface area contributed by atoms with E-state index in [1.54, 1.807) is 14.2 Å². The molecule has 2 aliphatic carbocycles. The summed E-state index contributed by atoms with van der Waals surface area (Å²) in [6.07, 6.45) is 7.06. The molecular formula is C20H27NO3. The fourth-order valence-electron chi connectivity index (χ4n) is 5.08. The van der Waals surface area contributed by atoms with E-state index >= 15 is 0 Å². The molecular weight excluding hydrogens is 302 g/mol. The third-order valence-corrected chi connectivity index (χ3v) is 6.39. The first kappa shape index (κ1) is 15.8. The van der Waals surface area contributed by atoms with E-state index < -0.39 is 0 Å². The van der Waals surface area contributed by atoms with E-state index in [9.17, 15) is 4.79 Å². The minimum Gasteiger partial charge on any atom is -0.493 e. The lowest BCUT2D eigenvalue weighted by molar-refractivity contribution is -0.133. The molecule has 130 valence electrons. The summed E-state index contributed by atoms with van der Waals surface area (Å²) in [5, 5.41) is 0. The number of amides is 1. The topological polar surface area (TPSA) is 38.8 Å². The number of ether oxygens (including phenoxy) is 2. The van der Waals surface area contributed by atoms with Gasteiger partial charge in [-0.3, -0.25) is 4.79 Å². The molecule has 4 nitrogen and oxygen atoms in total. The maximum absolute atomic E-state index is 12.8. The molecule has 0 N–H and O–H groups in total. The van der Waals surface area contributed by atoms with Crippen LogP contribution in [0, 0.1) is 17.8 Å². The Balaban J connectivity index is 1.44. The zero-order chi connectivity index (χ0) is 16.7. The highest BCUT2D eigenvalue weighted by molar-refractivity contribution is 5.77. The SMILES string of the molecule is COc1cc2c(cc1OC)CN(C(=O)C[C@@H]1C[C@H]3CC[C@H]1C3)CC2. The molecule has 2 bridgehead atoms. The Labute approximate surface area is 144 Å². The number of carbonyl (C=O) groups excluding carboxylic acids is 1. The van der Waals surface area contributed by atoms with Crippen molar-refractivity contribution in [3.63, 3.8) is 0 Å². The second-order valence-electron chi connectivity index (χ2n) is 7.68. The van der Waals surface area contributed by atoms with Crippen molar-refractivity contribution >= 4 is 5.91 Å². The predicted molar refractivity (Wildman–Crippen MR) is 92.2 cm³/mol. The van der Waals surface area contributed by atoms with Gasteiger partial charge in [0, 0.05) is 19.5 Å². The summed E-state index contributed by atoms with van der Waals surface area (Å²) in [6, 6.07) is 4.09. The molecule has 0 saturated heterocycles. The molecule has 1 amide bonds. The average Bonchev–Trinajstić information content (AvgIpc) is 3.22. The van der Waals surface area contributed by atoms with Gasteiger partial charge in [-0.1, -0.05) is 6.42 Å². The van der Waals surface area contributed by atoms with Gasteiger partial charge in [-0.05, 0) is 66.7 Å². The smallest absolute Gasteiger partial charge is 0.223 e. The van der Waals surface area contributed by atoms with E-state index in [1.165, 1.54) is 36.8 Å². The van der Waals surface area contributed by atoms with Gasteiger partial charge >= 0.3 is 0 Å². The summed E-state index contributed by atoms with van der Waals surface area (Å²) >= 11 is 0. The molecule has 24 heavy (non-hydrogen) atoms. The van der Waals surface area contributed by atoms with Crippen molar-refractivity contribution in [3.8, 4) is 11.5 Å². The van der Waals surface area contributed by atoms with Crippen LogP contribution in [0.3, 0.4) is 0 Å². The molecule has 1 aromatic carbocycles. The summed E-state index contributed by atoms with van der Waals surface area (Å²) in [7, 11) is 3.32. The Hall–Kier alpha value is -1.71. The first-order valence-electron chi connectivity index (χ1n) is 9.19. The van der Waals surface area contributed by atoms with Crippen LogP contribution in [-0.2, 0) is 17.8 Å². The third kappa shape index (κ3) is 2.76. The van der Waals surface area contributed by atoms with Gasteiger partial charge in [-0.2, -0.15) is 0 Å². The van der Waals surface area contributed by atoms with Crippen LogP contribution in [0.25, 0.3) is 0 Å². The van der Waals surface area contributed by atoms with Gasteiger partial charge in [-0.25, -0.2) is 0 Å². The highest BCUT2D eigenvalue weighted by Gasteiger charge is 2.40. The van der Waals surface area contributed by atoms with Gasteiger partial charge in [0.2, 0.25) is 5.91 Å². The minimum absolute atomic E-state index is 0.341. The van der Waals surface area contributed by atoms with Crippen molar-refractivity contribution < 1.29 is 14.3 Å². The maximum atomic E-state index is 12.8. The summed E-state index contributed by atoms with van der Waals surface area (Å²) in [4.78, 5) is 14.8. The van der Waals surface area contributed by atoms with Crippen LogP contribution in [0.4, 0.5) is 0 Å². The monoisotopic (exact) mass is 329 g/mol. The predicted octanol–water partition coefficient (Wildman–Crippen LogP) is 3.41. The Bertz CT molecular complexity index is 642. The average molecular weight is 329 g/mol. The Kier molecular flexibility index (Phi) is 4.15. The first-order chi connectivity index (χ1) is 11.7. The number of rotatable bonds is 4. The lowest BCUT2D eigenvalue weighted by atomic mass is 9.86. The van der Waals surface area contributed by atoms with E-state index in [4.69, 9.17) is 9.47 Å². The molecule has 4 heteroatoms. The lowest BCUT2D eigenvalue weighted by Gasteiger charge is -2.31. The molecule has 1 heterocycles. The van der Waals surface area contributed by atoms with Gasteiger partial charge in [0.25, 0.3) is 0 Å². The zero-order valence-corrected chi connectivity index (χ0v) is 14.7. The molecule has 2 fully saturated rings. The summed E-state index contributed by atoms with van der Waals surface area (Å²) in [5.74, 6) is 4.24. The van der Waals surface area contributed by atoms with Crippen LogP contribution in [0.2, 0.25) is 0 Å². The normalized spacial score (nSPS) is 27.9. The third-order valence-electron chi connectivity index (χ3n) is 6.39. The Morgan fingerprint density at radius 2 is 1.88 bits per heavy atom. The molecule has 2 saturated carbocycles. The number of benzene rings is 1. The van der Waals surface area contributed by atoms with Crippen LogP contribution < -0.4 is 9.47 Å². The van der Waals surface area contributed by atoms with Gasteiger partial charge in [0.1, 0.15) is 0 Å². The second-order valence-corrected chi connectivity index (χ2v) is 7.68. The standard InChI is InChI=1S/C20H27NO3/c1-23-18-9-15-5-6-21(12-17(15)10-19(18)24-2)20(22)11-16-8-13-3-4-14(16)7-13/h9-10,13-14,16H,3-8,11-12H2,1-2H3/t13-,14-,16-/m0/s1. The molecule has 1 aliphatic heterocycles. The van der Waals surface area contributed by atoms with Gasteiger partial charge in [0.05, 0.1) is 14.2 Å². The van der Waals surface area contributed by atoms with Crippen molar-refractivity contribution in [2.24, 2.45) is 17.8 Å². The second kappa shape index (κ2) is 6.30. The van der Waals surface area contributed by atoms with Gasteiger partial charge in [0.15, 0.2) is 11.5 Å². The summed E-state index contributed by atoms with van der Waals surface area (Å²) < 4.78 is 10.8. The molecule has 1 aromatic rings. The molecule has 0 aromatic heterocycles. The van der Waals surface area contributed by atoms with Crippen LogP contribution in [0.15, 0.2) is 12.1 Å². The van der Waals surface area contributed by atoms with Gasteiger partial charge in [-0.15, -0.1) is 0 Å².